The maximum atomic E-state index is 10.6. The van der Waals surface area contributed by atoms with Gasteiger partial charge in [-0.3, -0.25) is 11.3 Å². The van der Waals surface area contributed by atoms with Crippen molar-refractivity contribution in [3.05, 3.63) is 6.54 Å². The Morgan fingerprint density at radius 1 is 1.45 bits per heavy atom. The number of nitrogens with one attached hydrogen (secondary N) is 2. The van der Waals surface area contributed by atoms with E-state index in [0.717, 1.165) is 12.8 Å². The van der Waals surface area contributed by atoms with Crippen molar-refractivity contribution in [2.24, 2.45) is 0 Å². The molecule has 11 heavy (non-hydrogen) atoms. The van der Waals surface area contributed by atoms with Gasteiger partial charge in [0.1, 0.15) is 0 Å². The van der Waals surface area contributed by atoms with Crippen LogP contribution in [0.5, 0.6) is 0 Å². The summed E-state index contributed by atoms with van der Waals surface area (Å²) in [5, 5.41) is 5.47. The van der Waals surface area contributed by atoms with Gasteiger partial charge >= 0.3 is 0 Å². The zero-order valence-corrected chi connectivity index (χ0v) is 10.3. The summed E-state index contributed by atoms with van der Waals surface area (Å²) in [6.07, 6.45) is 2.49. The Labute approximate surface area is 81.1 Å². The first-order valence-corrected chi connectivity index (χ1v) is 3.50. The van der Waals surface area contributed by atoms with Crippen LogP contribution in [0.4, 0.5) is 0 Å². The van der Waals surface area contributed by atoms with Gasteiger partial charge in [-0.15, -0.1) is 0 Å². The van der Waals surface area contributed by atoms with Gasteiger partial charge in [-0.25, -0.2) is 0 Å². The SMILES string of the molecule is CN[CH-]CCCC(=O)NC.[Zn]. The van der Waals surface area contributed by atoms with Gasteiger partial charge in [-0.05, 0) is 7.05 Å². The maximum Gasteiger partial charge on any atom is 0.219 e. The normalized spacial score (nSPS) is 8.55. The first-order valence-electron chi connectivity index (χ1n) is 3.50. The molecule has 0 aliphatic carbocycles. The van der Waals surface area contributed by atoms with Gasteiger partial charge in [0.15, 0.2) is 0 Å². The van der Waals surface area contributed by atoms with Crippen molar-refractivity contribution in [1.82, 2.24) is 10.6 Å². The van der Waals surface area contributed by atoms with Crippen LogP contribution in [0.1, 0.15) is 19.3 Å². The van der Waals surface area contributed by atoms with Crippen LogP contribution < -0.4 is 10.6 Å². The summed E-state index contributed by atoms with van der Waals surface area (Å²) < 4.78 is 0. The molecule has 0 fully saturated rings. The molecule has 0 aromatic rings. The van der Waals surface area contributed by atoms with Crippen LogP contribution in [-0.4, -0.2) is 20.0 Å². The largest absolute Gasteiger partial charge is 0.472 e. The van der Waals surface area contributed by atoms with E-state index in [-0.39, 0.29) is 25.4 Å². The average Bonchev–Trinajstić information content (AvgIpc) is 1.98. The van der Waals surface area contributed by atoms with Crippen molar-refractivity contribution in [2.75, 3.05) is 14.1 Å². The molecule has 0 atom stereocenters. The van der Waals surface area contributed by atoms with Gasteiger partial charge in [0, 0.05) is 32.9 Å². The van der Waals surface area contributed by atoms with Crippen LogP contribution in [0.25, 0.3) is 0 Å². The second-order valence-corrected chi connectivity index (χ2v) is 2.06. The maximum absolute atomic E-state index is 10.6. The fraction of sp³-hybridized carbons (Fsp3) is 0.714. The second kappa shape index (κ2) is 10.1. The molecule has 62 valence electrons. The quantitative estimate of drug-likeness (QED) is 0.387. The van der Waals surface area contributed by atoms with Gasteiger partial charge < -0.3 is 10.6 Å². The molecule has 0 radical (unpaired) electrons. The van der Waals surface area contributed by atoms with Crippen LogP contribution in [0, 0.1) is 6.54 Å². The van der Waals surface area contributed by atoms with Crippen molar-refractivity contribution in [1.29, 1.82) is 0 Å². The monoisotopic (exact) mass is 207 g/mol. The molecular formula is C7H15N2OZn-. The summed E-state index contributed by atoms with van der Waals surface area (Å²) in [6.45, 7) is 1.95. The van der Waals surface area contributed by atoms with Crippen molar-refractivity contribution in [3.8, 4) is 0 Å². The number of hydrogen-bond acceptors (Lipinski definition) is 2. The first kappa shape index (κ1) is 13.6. The molecule has 0 aliphatic rings. The molecule has 0 saturated carbocycles. The van der Waals surface area contributed by atoms with Crippen molar-refractivity contribution >= 4 is 5.91 Å². The van der Waals surface area contributed by atoms with E-state index in [0.29, 0.717) is 6.42 Å². The third kappa shape index (κ3) is 10.1. The molecule has 3 nitrogen and oxygen atoms in total. The number of carbonyl (C=O) groups is 1. The molecule has 0 saturated heterocycles. The van der Waals surface area contributed by atoms with Crippen LogP contribution in [0.2, 0.25) is 0 Å². The van der Waals surface area contributed by atoms with E-state index in [2.05, 4.69) is 10.6 Å². The summed E-state index contributed by atoms with van der Waals surface area (Å²) in [7, 11) is 3.52. The standard InChI is InChI=1S/C7H15N2O.Zn/c1-8-6-4-3-5-7(10)9-2;/h6,8H,3-5H2,1-2H3,(H,9,10);/q-1;. The van der Waals surface area contributed by atoms with E-state index >= 15 is 0 Å². The van der Waals surface area contributed by atoms with Crippen molar-refractivity contribution < 1.29 is 24.3 Å². The summed E-state index contributed by atoms with van der Waals surface area (Å²) in [4.78, 5) is 10.6. The molecule has 4 heteroatoms. The molecule has 0 aromatic heterocycles. The number of carbonyl (C=O) groups excluding carboxylic acids is 1. The van der Waals surface area contributed by atoms with Crippen LogP contribution in [-0.2, 0) is 24.3 Å². The molecule has 2 N–H and O–H groups in total. The summed E-state index contributed by atoms with van der Waals surface area (Å²) >= 11 is 0. The Kier molecular flexibility index (Phi) is 12.5. The summed E-state index contributed by atoms with van der Waals surface area (Å²) in [6, 6.07) is 0. The van der Waals surface area contributed by atoms with E-state index in [1.165, 1.54) is 0 Å². The second-order valence-electron chi connectivity index (χ2n) is 2.06. The predicted octanol–water partition coefficient (Wildman–Crippen LogP) is 0.281. The van der Waals surface area contributed by atoms with Crippen molar-refractivity contribution in [3.63, 3.8) is 0 Å². The Morgan fingerprint density at radius 2 is 2.09 bits per heavy atom. The van der Waals surface area contributed by atoms with Crippen LogP contribution in [0.3, 0.4) is 0 Å². The van der Waals surface area contributed by atoms with E-state index < -0.39 is 0 Å². The van der Waals surface area contributed by atoms with Gasteiger partial charge in [0.05, 0.1) is 0 Å². The Balaban J connectivity index is 0. The Hall–Kier alpha value is 0.0534. The number of amides is 1. The summed E-state index contributed by atoms with van der Waals surface area (Å²) in [5.41, 5.74) is 0. The minimum absolute atomic E-state index is 0. The molecule has 0 aromatic carbocycles. The topological polar surface area (TPSA) is 41.1 Å². The van der Waals surface area contributed by atoms with Gasteiger partial charge in [0.2, 0.25) is 5.91 Å². The minimum atomic E-state index is 0. The molecule has 0 heterocycles. The molecule has 0 rings (SSSR count). The fourth-order valence-electron chi connectivity index (χ4n) is 0.634. The van der Waals surface area contributed by atoms with E-state index in [9.17, 15) is 4.79 Å². The molecule has 0 aliphatic heterocycles. The zero-order chi connectivity index (χ0) is 7.82. The van der Waals surface area contributed by atoms with E-state index in [1.807, 2.05) is 13.6 Å². The Morgan fingerprint density at radius 3 is 2.55 bits per heavy atom. The Bertz CT molecular complexity index is 98.4. The third-order valence-corrected chi connectivity index (χ3v) is 1.24. The van der Waals surface area contributed by atoms with Crippen molar-refractivity contribution in [2.45, 2.75) is 19.3 Å². The number of hydrogen-bond donors (Lipinski definition) is 2. The molecule has 0 unspecified atom stereocenters. The first-order chi connectivity index (χ1) is 4.81. The zero-order valence-electron chi connectivity index (χ0n) is 7.31. The molecule has 0 spiro atoms. The van der Waals surface area contributed by atoms with Gasteiger partial charge in [-0.1, -0.05) is 6.42 Å². The average molecular weight is 209 g/mol. The molecule has 1 amide bonds. The minimum Gasteiger partial charge on any atom is -0.472 e. The number of rotatable bonds is 5. The third-order valence-electron chi connectivity index (χ3n) is 1.24. The van der Waals surface area contributed by atoms with Crippen LogP contribution >= 0.6 is 0 Å². The van der Waals surface area contributed by atoms with E-state index in [4.69, 9.17) is 0 Å². The predicted molar refractivity (Wildman–Crippen MR) is 41.3 cm³/mol. The smallest absolute Gasteiger partial charge is 0.219 e. The molecular weight excluding hydrogens is 193 g/mol. The summed E-state index contributed by atoms with van der Waals surface area (Å²) in [5.74, 6) is 0.115. The fourth-order valence-corrected chi connectivity index (χ4v) is 0.634. The van der Waals surface area contributed by atoms with Gasteiger partial charge in [0.25, 0.3) is 0 Å². The van der Waals surface area contributed by atoms with Gasteiger partial charge in [-0.2, -0.15) is 6.42 Å². The number of unbranched alkanes of at least 4 members (excludes halogenated alkanes) is 1. The van der Waals surface area contributed by atoms with E-state index in [1.54, 1.807) is 7.05 Å². The van der Waals surface area contributed by atoms with Crippen LogP contribution in [0.15, 0.2) is 0 Å². The molecule has 0 bridgehead atoms.